The number of carbonyl (C=O) groups is 2. The van der Waals surface area contributed by atoms with Crippen LogP contribution in [0.3, 0.4) is 0 Å². The van der Waals surface area contributed by atoms with E-state index in [2.05, 4.69) is 0 Å². The maximum absolute atomic E-state index is 11.8. The van der Waals surface area contributed by atoms with Gasteiger partial charge in [0, 0.05) is 19.5 Å². The van der Waals surface area contributed by atoms with E-state index >= 15 is 0 Å². The molecule has 0 N–H and O–H groups in total. The lowest BCUT2D eigenvalue weighted by Gasteiger charge is -2.31. The zero-order chi connectivity index (χ0) is 13.7. The number of carbonyl (C=O) groups excluding carboxylic acids is 2. The van der Waals surface area contributed by atoms with Gasteiger partial charge in [0.15, 0.2) is 0 Å². The molecule has 1 aliphatic heterocycles. The average Bonchev–Trinajstić information content (AvgIpc) is 2.46. The van der Waals surface area contributed by atoms with Crippen molar-refractivity contribution in [1.82, 2.24) is 4.90 Å². The molecule has 0 saturated carbocycles. The van der Waals surface area contributed by atoms with E-state index in [1.165, 1.54) is 12.7 Å². The molecule has 0 spiro atoms. The summed E-state index contributed by atoms with van der Waals surface area (Å²) in [6.45, 7) is 1.15. The normalized spacial score (nSPS) is 19.3. The lowest BCUT2D eigenvalue weighted by molar-refractivity contribution is -0.150. The topological polar surface area (TPSA) is 46.6 Å². The zero-order valence-corrected chi connectivity index (χ0v) is 11.2. The number of hydrogen-bond acceptors (Lipinski definition) is 3. The lowest BCUT2D eigenvalue weighted by atomic mass is 9.97. The molecule has 19 heavy (non-hydrogen) atoms. The minimum atomic E-state index is -0.211. The SMILES string of the molecule is COC(=O)[C@@H]1CCC(=O)N(CCc2ccccc2)C1. The molecule has 1 saturated heterocycles. The van der Waals surface area contributed by atoms with Crippen molar-refractivity contribution in [3.63, 3.8) is 0 Å². The molecule has 0 aliphatic carbocycles. The predicted molar refractivity (Wildman–Crippen MR) is 71.5 cm³/mol. The molecule has 1 fully saturated rings. The summed E-state index contributed by atoms with van der Waals surface area (Å²) in [5, 5.41) is 0. The van der Waals surface area contributed by atoms with Crippen LogP contribution in [0, 0.1) is 5.92 Å². The lowest BCUT2D eigenvalue weighted by Crippen LogP contribution is -2.43. The van der Waals surface area contributed by atoms with E-state index in [1.807, 2.05) is 30.3 Å². The number of ether oxygens (including phenoxy) is 1. The minimum Gasteiger partial charge on any atom is -0.469 e. The van der Waals surface area contributed by atoms with Crippen LogP contribution in [0.2, 0.25) is 0 Å². The van der Waals surface area contributed by atoms with Gasteiger partial charge in [-0.15, -0.1) is 0 Å². The number of likely N-dealkylation sites (tertiary alicyclic amines) is 1. The first-order chi connectivity index (χ1) is 9.20. The highest BCUT2D eigenvalue weighted by Gasteiger charge is 2.30. The van der Waals surface area contributed by atoms with Crippen LogP contribution in [-0.4, -0.2) is 37.0 Å². The fourth-order valence-electron chi connectivity index (χ4n) is 2.40. The molecule has 0 unspecified atom stereocenters. The monoisotopic (exact) mass is 261 g/mol. The molecule has 2 rings (SSSR count). The predicted octanol–water partition coefficient (Wildman–Crippen LogP) is 1.64. The first-order valence-electron chi connectivity index (χ1n) is 6.60. The second-order valence-corrected chi connectivity index (χ2v) is 4.83. The molecule has 102 valence electrons. The largest absolute Gasteiger partial charge is 0.469 e. The fraction of sp³-hybridized carbons (Fsp3) is 0.467. The first kappa shape index (κ1) is 13.6. The van der Waals surface area contributed by atoms with Crippen LogP contribution in [-0.2, 0) is 20.7 Å². The number of esters is 1. The van der Waals surface area contributed by atoms with E-state index in [-0.39, 0.29) is 17.8 Å². The highest BCUT2D eigenvalue weighted by molar-refractivity contribution is 5.81. The number of hydrogen-bond donors (Lipinski definition) is 0. The van der Waals surface area contributed by atoms with Gasteiger partial charge in [0.2, 0.25) is 5.91 Å². The molecule has 1 atom stereocenters. The van der Waals surface area contributed by atoms with Crippen LogP contribution in [0.25, 0.3) is 0 Å². The van der Waals surface area contributed by atoms with Gasteiger partial charge in [0.1, 0.15) is 0 Å². The molecular weight excluding hydrogens is 242 g/mol. The second-order valence-electron chi connectivity index (χ2n) is 4.83. The molecule has 0 radical (unpaired) electrons. The Morgan fingerprint density at radius 2 is 2.11 bits per heavy atom. The van der Waals surface area contributed by atoms with E-state index < -0.39 is 0 Å². The average molecular weight is 261 g/mol. The smallest absolute Gasteiger partial charge is 0.310 e. The molecule has 0 aromatic heterocycles. The van der Waals surface area contributed by atoms with Gasteiger partial charge in [-0.1, -0.05) is 30.3 Å². The van der Waals surface area contributed by atoms with E-state index in [4.69, 9.17) is 4.74 Å². The Morgan fingerprint density at radius 1 is 1.37 bits per heavy atom. The Hall–Kier alpha value is -1.84. The van der Waals surface area contributed by atoms with E-state index in [1.54, 1.807) is 4.90 Å². The summed E-state index contributed by atoms with van der Waals surface area (Å²) in [4.78, 5) is 25.2. The standard InChI is InChI=1S/C15H19NO3/c1-19-15(18)13-7-8-14(17)16(11-13)10-9-12-5-3-2-4-6-12/h2-6,13H,7-11H2,1H3/t13-/m1/s1. The van der Waals surface area contributed by atoms with Crippen LogP contribution in [0.1, 0.15) is 18.4 Å². The van der Waals surface area contributed by atoms with Gasteiger partial charge < -0.3 is 9.64 Å². The van der Waals surface area contributed by atoms with Gasteiger partial charge >= 0.3 is 5.97 Å². The third-order valence-corrected chi connectivity index (χ3v) is 3.55. The molecular formula is C15H19NO3. The van der Waals surface area contributed by atoms with Crippen LogP contribution in [0.15, 0.2) is 30.3 Å². The van der Waals surface area contributed by atoms with Crippen molar-refractivity contribution in [3.05, 3.63) is 35.9 Å². The van der Waals surface area contributed by atoms with Gasteiger partial charge in [-0.2, -0.15) is 0 Å². The van der Waals surface area contributed by atoms with Gasteiger partial charge in [-0.05, 0) is 18.4 Å². The quantitative estimate of drug-likeness (QED) is 0.774. The summed E-state index contributed by atoms with van der Waals surface area (Å²) in [7, 11) is 1.40. The molecule has 1 aromatic carbocycles. The van der Waals surface area contributed by atoms with Crippen LogP contribution >= 0.6 is 0 Å². The van der Waals surface area contributed by atoms with Gasteiger partial charge in [-0.25, -0.2) is 0 Å². The molecule has 4 heteroatoms. The third-order valence-electron chi connectivity index (χ3n) is 3.55. The summed E-state index contributed by atoms with van der Waals surface area (Å²) in [6, 6.07) is 10.1. The van der Waals surface area contributed by atoms with Crippen molar-refractivity contribution in [2.75, 3.05) is 20.2 Å². The Labute approximate surface area is 113 Å². The van der Waals surface area contributed by atoms with Crippen molar-refractivity contribution >= 4 is 11.9 Å². The van der Waals surface area contributed by atoms with Crippen molar-refractivity contribution in [1.29, 1.82) is 0 Å². The third kappa shape index (κ3) is 3.56. The fourth-order valence-corrected chi connectivity index (χ4v) is 2.40. The Balaban J connectivity index is 1.91. The molecule has 1 aromatic rings. The zero-order valence-electron chi connectivity index (χ0n) is 11.2. The van der Waals surface area contributed by atoms with E-state index in [9.17, 15) is 9.59 Å². The summed E-state index contributed by atoms with van der Waals surface area (Å²) < 4.78 is 4.76. The van der Waals surface area contributed by atoms with E-state index in [0.29, 0.717) is 25.9 Å². The first-order valence-corrected chi connectivity index (χ1v) is 6.60. The van der Waals surface area contributed by atoms with Crippen molar-refractivity contribution in [2.45, 2.75) is 19.3 Å². The van der Waals surface area contributed by atoms with Gasteiger partial charge in [0.25, 0.3) is 0 Å². The number of rotatable bonds is 4. The molecule has 0 bridgehead atoms. The Bertz CT molecular complexity index is 444. The molecule has 1 amide bonds. The van der Waals surface area contributed by atoms with Crippen LogP contribution < -0.4 is 0 Å². The highest BCUT2D eigenvalue weighted by Crippen LogP contribution is 2.19. The second kappa shape index (κ2) is 6.36. The Kier molecular flexibility index (Phi) is 4.55. The summed E-state index contributed by atoms with van der Waals surface area (Å²) in [5.74, 6) is -0.244. The van der Waals surface area contributed by atoms with Crippen molar-refractivity contribution < 1.29 is 14.3 Å². The minimum absolute atomic E-state index is 0.135. The van der Waals surface area contributed by atoms with Crippen LogP contribution in [0.4, 0.5) is 0 Å². The van der Waals surface area contributed by atoms with Crippen molar-refractivity contribution in [2.24, 2.45) is 5.92 Å². The number of amides is 1. The number of nitrogens with zero attached hydrogens (tertiary/aromatic N) is 1. The molecule has 1 aliphatic rings. The summed E-state index contributed by atoms with van der Waals surface area (Å²) in [5.41, 5.74) is 1.20. The number of piperidine rings is 1. The maximum atomic E-state index is 11.8. The summed E-state index contributed by atoms with van der Waals surface area (Å²) >= 11 is 0. The highest BCUT2D eigenvalue weighted by atomic mass is 16.5. The molecule has 4 nitrogen and oxygen atoms in total. The summed E-state index contributed by atoms with van der Waals surface area (Å²) in [6.07, 6.45) is 1.86. The number of methoxy groups -OCH3 is 1. The number of benzene rings is 1. The van der Waals surface area contributed by atoms with Crippen molar-refractivity contribution in [3.8, 4) is 0 Å². The Morgan fingerprint density at radius 3 is 2.79 bits per heavy atom. The van der Waals surface area contributed by atoms with Gasteiger partial charge in [-0.3, -0.25) is 9.59 Å². The molecule has 1 heterocycles. The van der Waals surface area contributed by atoms with Gasteiger partial charge in [0.05, 0.1) is 13.0 Å². The van der Waals surface area contributed by atoms with Crippen LogP contribution in [0.5, 0.6) is 0 Å². The maximum Gasteiger partial charge on any atom is 0.310 e. The van der Waals surface area contributed by atoms with E-state index in [0.717, 1.165) is 6.42 Å².